The second-order valence-electron chi connectivity index (χ2n) is 5.70. The molecule has 1 aliphatic rings. The van der Waals surface area contributed by atoms with E-state index >= 15 is 0 Å². The number of terminal acetylenes is 1. The number of carboxylic acid groups (broad SMARTS) is 1. The van der Waals surface area contributed by atoms with E-state index in [-0.39, 0.29) is 12.5 Å². The van der Waals surface area contributed by atoms with E-state index in [4.69, 9.17) is 6.42 Å². The summed E-state index contributed by atoms with van der Waals surface area (Å²) in [4.78, 5) is 25.6. The molecule has 1 saturated heterocycles. The van der Waals surface area contributed by atoms with E-state index in [1.54, 1.807) is 4.90 Å². The number of likely N-dealkylation sites (tertiary alicyclic amines) is 1. The van der Waals surface area contributed by atoms with E-state index in [1.807, 2.05) is 20.8 Å². The van der Waals surface area contributed by atoms with Crippen molar-refractivity contribution in [3.63, 3.8) is 0 Å². The van der Waals surface area contributed by atoms with Gasteiger partial charge in [0.2, 0.25) is 5.91 Å². The Morgan fingerprint density at radius 3 is 2.43 bits per heavy atom. The Balaban J connectivity index is 2.79. The average molecular weight is 294 g/mol. The van der Waals surface area contributed by atoms with Crippen LogP contribution in [-0.2, 0) is 9.59 Å². The summed E-state index contributed by atoms with van der Waals surface area (Å²) in [5, 5.41) is 12.4. The molecule has 0 spiro atoms. The normalized spacial score (nSPS) is 22.8. The molecule has 2 N–H and O–H groups in total. The minimum absolute atomic E-state index is 0.0869. The molecule has 1 aliphatic heterocycles. The fraction of sp³-hybridized carbons (Fsp3) is 0.750. The summed E-state index contributed by atoms with van der Waals surface area (Å²) < 4.78 is 0. The fourth-order valence-electron chi connectivity index (χ4n) is 3.11. The van der Waals surface area contributed by atoms with Gasteiger partial charge >= 0.3 is 5.97 Å². The first kappa shape index (κ1) is 17.5. The van der Waals surface area contributed by atoms with E-state index in [1.165, 1.54) is 0 Å². The minimum atomic E-state index is -0.908. The number of hydrogen-bond acceptors (Lipinski definition) is 3. The number of carbonyl (C=O) groups excluding carboxylic acids is 1. The van der Waals surface area contributed by atoms with Crippen molar-refractivity contribution in [1.29, 1.82) is 0 Å². The number of aliphatic carboxylic acids is 1. The molecule has 0 bridgehead atoms. The minimum Gasteiger partial charge on any atom is -0.480 e. The van der Waals surface area contributed by atoms with Gasteiger partial charge in [0.25, 0.3) is 0 Å². The maximum Gasteiger partial charge on any atom is 0.324 e. The lowest BCUT2D eigenvalue weighted by Gasteiger charge is -2.34. The van der Waals surface area contributed by atoms with Crippen LogP contribution in [0.5, 0.6) is 0 Å². The maximum atomic E-state index is 12.3. The summed E-state index contributed by atoms with van der Waals surface area (Å²) in [5.74, 6) is 1.62. The van der Waals surface area contributed by atoms with Gasteiger partial charge in [0.15, 0.2) is 0 Å². The molecule has 1 rings (SSSR count). The largest absolute Gasteiger partial charge is 0.480 e. The Morgan fingerprint density at radius 1 is 1.38 bits per heavy atom. The van der Waals surface area contributed by atoms with Crippen molar-refractivity contribution in [3.05, 3.63) is 0 Å². The van der Waals surface area contributed by atoms with Crippen molar-refractivity contribution in [2.75, 3.05) is 13.1 Å². The molecule has 5 nitrogen and oxygen atoms in total. The maximum absolute atomic E-state index is 12.3. The first-order valence-corrected chi connectivity index (χ1v) is 7.67. The molecule has 0 aromatic carbocycles. The third-order valence-corrected chi connectivity index (χ3v) is 4.80. The Kier molecular flexibility index (Phi) is 5.79. The summed E-state index contributed by atoms with van der Waals surface area (Å²) in [6, 6.07) is 0. The number of amides is 1. The molecule has 5 heteroatoms. The second kappa shape index (κ2) is 6.95. The first-order chi connectivity index (χ1) is 9.89. The Hall–Kier alpha value is -1.54. The van der Waals surface area contributed by atoms with Gasteiger partial charge in [-0.15, -0.1) is 6.42 Å². The van der Waals surface area contributed by atoms with Crippen LogP contribution in [0.25, 0.3) is 0 Å². The lowest BCUT2D eigenvalue weighted by Crippen LogP contribution is -2.56. The van der Waals surface area contributed by atoms with Gasteiger partial charge in [0.1, 0.15) is 11.1 Å². The van der Waals surface area contributed by atoms with Crippen LogP contribution in [0.3, 0.4) is 0 Å². The summed E-state index contributed by atoms with van der Waals surface area (Å²) in [5.41, 5.74) is -1.54. The molecule has 21 heavy (non-hydrogen) atoms. The molecule has 118 valence electrons. The smallest absolute Gasteiger partial charge is 0.324 e. The zero-order valence-electron chi connectivity index (χ0n) is 13.2. The second-order valence-corrected chi connectivity index (χ2v) is 5.70. The molecule has 0 radical (unpaired) electrons. The zero-order valence-corrected chi connectivity index (χ0v) is 13.2. The molecule has 0 aromatic heterocycles. The number of nitrogens with one attached hydrogen (secondary N) is 1. The molecular weight excluding hydrogens is 268 g/mol. The van der Waals surface area contributed by atoms with Gasteiger partial charge in [0.05, 0.1) is 6.54 Å². The highest BCUT2D eigenvalue weighted by molar-refractivity contribution is 5.83. The van der Waals surface area contributed by atoms with E-state index in [9.17, 15) is 14.7 Å². The van der Waals surface area contributed by atoms with Gasteiger partial charge in [-0.1, -0.05) is 26.7 Å². The topological polar surface area (TPSA) is 69.6 Å². The Morgan fingerprint density at radius 2 is 2.00 bits per heavy atom. The van der Waals surface area contributed by atoms with E-state index in [0.29, 0.717) is 32.2 Å². The molecule has 1 heterocycles. The highest BCUT2D eigenvalue weighted by Gasteiger charge is 2.46. The number of rotatable bonds is 7. The van der Waals surface area contributed by atoms with E-state index < -0.39 is 17.0 Å². The van der Waals surface area contributed by atoms with Crippen molar-refractivity contribution in [3.8, 4) is 12.3 Å². The predicted octanol–water partition coefficient (Wildman–Crippen LogP) is 1.62. The molecule has 0 aliphatic carbocycles. The SMILES string of the molecule is C#CC(CC)(CC)NC(=O)CN1CCCC1(CC)C(=O)O. The summed E-state index contributed by atoms with van der Waals surface area (Å²) in [6.07, 6.45) is 8.74. The van der Waals surface area contributed by atoms with Gasteiger partial charge in [-0.05, 0) is 38.6 Å². The number of carboxylic acids is 1. The van der Waals surface area contributed by atoms with Crippen LogP contribution in [0.4, 0.5) is 0 Å². The van der Waals surface area contributed by atoms with Gasteiger partial charge in [-0.3, -0.25) is 14.5 Å². The average Bonchev–Trinajstić information content (AvgIpc) is 2.88. The number of carbonyl (C=O) groups is 2. The van der Waals surface area contributed by atoms with Gasteiger partial charge in [-0.2, -0.15) is 0 Å². The highest BCUT2D eigenvalue weighted by atomic mass is 16.4. The van der Waals surface area contributed by atoms with E-state index in [0.717, 1.165) is 6.42 Å². The molecule has 1 fully saturated rings. The van der Waals surface area contributed by atoms with Crippen LogP contribution in [-0.4, -0.2) is 46.1 Å². The van der Waals surface area contributed by atoms with Crippen molar-refractivity contribution in [1.82, 2.24) is 10.2 Å². The summed E-state index contributed by atoms with van der Waals surface area (Å²) >= 11 is 0. The number of nitrogens with zero attached hydrogens (tertiary/aromatic N) is 1. The third-order valence-electron chi connectivity index (χ3n) is 4.80. The Labute approximate surface area is 127 Å². The Bertz CT molecular complexity index is 437. The summed E-state index contributed by atoms with van der Waals surface area (Å²) in [6.45, 7) is 6.45. The molecule has 0 aromatic rings. The van der Waals surface area contributed by atoms with Crippen LogP contribution >= 0.6 is 0 Å². The van der Waals surface area contributed by atoms with Crippen molar-refractivity contribution in [2.24, 2.45) is 0 Å². The predicted molar refractivity (Wildman–Crippen MR) is 81.8 cm³/mol. The lowest BCUT2D eigenvalue weighted by molar-refractivity contribution is -0.150. The van der Waals surface area contributed by atoms with Crippen LogP contribution in [0.1, 0.15) is 52.9 Å². The van der Waals surface area contributed by atoms with Gasteiger partial charge < -0.3 is 10.4 Å². The molecular formula is C16H26N2O3. The van der Waals surface area contributed by atoms with Gasteiger partial charge in [0, 0.05) is 0 Å². The van der Waals surface area contributed by atoms with Crippen molar-refractivity contribution < 1.29 is 14.7 Å². The van der Waals surface area contributed by atoms with Crippen molar-refractivity contribution in [2.45, 2.75) is 64.0 Å². The number of hydrogen-bond donors (Lipinski definition) is 2. The highest BCUT2D eigenvalue weighted by Crippen LogP contribution is 2.32. The van der Waals surface area contributed by atoms with E-state index in [2.05, 4.69) is 11.2 Å². The molecule has 1 unspecified atom stereocenters. The van der Waals surface area contributed by atoms with Crippen molar-refractivity contribution >= 4 is 11.9 Å². The molecule has 0 saturated carbocycles. The summed E-state index contributed by atoms with van der Waals surface area (Å²) in [7, 11) is 0. The van der Waals surface area contributed by atoms with Crippen LogP contribution in [0.2, 0.25) is 0 Å². The lowest BCUT2D eigenvalue weighted by atomic mass is 9.92. The van der Waals surface area contributed by atoms with Crippen LogP contribution < -0.4 is 5.32 Å². The van der Waals surface area contributed by atoms with Gasteiger partial charge in [-0.25, -0.2) is 0 Å². The third kappa shape index (κ3) is 3.38. The standard InChI is InChI=1S/C16H26N2O3/c1-5-15(6-2,7-3)17-13(19)12-18-11-9-10-16(18,8-4)14(20)21/h1H,6-12H2,2-4H3,(H,17,19)(H,20,21). The van der Waals surface area contributed by atoms with Crippen LogP contribution in [0, 0.1) is 12.3 Å². The molecule has 1 amide bonds. The first-order valence-electron chi connectivity index (χ1n) is 7.67. The fourth-order valence-corrected chi connectivity index (χ4v) is 3.11. The monoisotopic (exact) mass is 294 g/mol. The zero-order chi connectivity index (χ0) is 16.1. The molecule has 1 atom stereocenters. The van der Waals surface area contributed by atoms with Crippen LogP contribution in [0.15, 0.2) is 0 Å². The quantitative estimate of drug-likeness (QED) is 0.700.